The molecule has 1 aromatic carbocycles. The van der Waals surface area contributed by atoms with Crippen LogP contribution in [0.2, 0.25) is 5.15 Å². The first-order valence-corrected chi connectivity index (χ1v) is 6.17. The lowest BCUT2D eigenvalue weighted by atomic mass is 10.1. The maximum atomic E-state index is 12.9. The van der Waals surface area contributed by atoms with Gasteiger partial charge in [0.2, 0.25) is 0 Å². The fraction of sp³-hybridized carbons (Fsp3) is 0.0714. The van der Waals surface area contributed by atoms with Gasteiger partial charge in [0.1, 0.15) is 28.6 Å². The molecular weight excluding hydrogens is 281 g/mol. The van der Waals surface area contributed by atoms with E-state index in [1.54, 1.807) is 25.3 Å². The van der Waals surface area contributed by atoms with Gasteiger partial charge in [0, 0.05) is 10.9 Å². The van der Waals surface area contributed by atoms with E-state index in [1.165, 1.54) is 12.4 Å². The van der Waals surface area contributed by atoms with Crippen molar-refractivity contribution in [2.75, 3.05) is 7.11 Å². The standard InChI is InChI=1S/C14H9ClFN3O/c1-20-12-5-8(11-3-2-9(16)6-17-11)4-10-13(12)18-7-19-14(10)15/h2-7H,1H3. The van der Waals surface area contributed by atoms with Gasteiger partial charge in [0.15, 0.2) is 0 Å². The minimum absolute atomic E-state index is 0.331. The molecule has 0 aliphatic heterocycles. The molecule has 2 heterocycles. The number of methoxy groups -OCH3 is 1. The van der Waals surface area contributed by atoms with Crippen LogP contribution in [0.25, 0.3) is 22.2 Å². The van der Waals surface area contributed by atoms with E-state index in [2.05, 4.69) is 15.0 Å². The Bertz CT molecular complexity index is 777. The number of rotatable bonds is 2. The zero-order valence-corrected chi connectivity index (χ0v) is 11.2. The molecular formula is C14H9ClFN3O. The number of hydrogen-bond acceptors (Lipinski definition) is 4. The average Bonchev–Trinajstić information content (AvgIpc) is 2.47. The smallest absolute Gasteiger partial charge is 0.145 e. The second-order valence-corrected chi connectivity index (χ2v) is 4.46. The number of pyridine rings is 1. The van der Waals surface area contributed by atoms with Crippen LogP contribution in [0.4, 0.5) is 4.39 Å². The lowest BCUT2D eigenvalue weighted by Gasteiger charge is -2.08. The Kier molecular flexibility index (Phi) is 3.20. The van der Waals surface area contributed by atoms with Gasteiger partial charge in [-0.3, -0.25) is 4.98 Å². The number of benzene rings is 1. The van der Waals surface area contributed by atoms with Crippen molar-refractivity contribution in [3.63, 3.8) is 0 Å². The van der Waals surface area contributed by atoms with Crippen molar-refractivity contribution < 1.29 is 9.13 Å². The number of fused-ring (bicyclic) bond motifs is 1. The lowest BCUT2D eigenvalue weighted by molar-refractivity contribution is 0.419. The van der Waals surface area contributed by atoms with Crippen molar-refractivity contribution in [2.45, 2.75) is 0 Å². The molecule has 6 heteroatoms. The maximum absolute atomic E-state index is 12.9. The third-order valence-electron chi connectivity index (χ3n) is 2.90. The monoisotopic (exact) mass is 289 g/mol. The maximum Gasteiger partial charge on any atom is 0.145 e. The fourth-order valence-electron chi connectivity index (χ4n) is 1.96. The van der Waals surface area contributed by atoms with Gasteiger partial charge in [-0.1, -0.05) is 11.6 Å². The third-order valence-corrected chi connectivity index (χ3v) is 3.20. The van der Waals surface area contributed by atoms with Gasteiger partial charge in [0.05, 0.1) is 19.0 Å². The van der Waals surface area contributed by atoms with Crippen LogP contribution in [0.5, 0.6) is 5.75 Å². The summed E-state index contributed by atoms with van der Waals surface area (Å²) in [5.41, 5.74) is 2.00. The molecule has 0 amide bonds. The minimum atomic E-state index is -0.386. The van der Waals surface area contributed by atoms with Gasteiger partial charge >= 0.3 is 0 Å². The second kappa shape index (κ2) is 5.02. The molecule has 0 saturated heterocycles. The van der Waals surface area contributed by atoms with E-state index in [4.69, 9.17) is 16.3 Å². The molecule has 3 aromatic rings. The van der Waals surface area contributed by atoms with E-state index in [9.17, 15) is 4.39 Å². The highest BCUT2D eigenvalue weighted by Gasteiger charge is 2.11. The summed E-state index contributed by atoms with van der Waals surface area (Å²) in [7, 11) is 1.55. The molecule has 20 heavy (non-hydrogen) atoms. The van der Waals surface area contributed by atoms with Crippen LogP contribution < -0.4 is 4.74 Å². The number of hydrogen-bond donors (Lipinski definition) is 0. The molecule has 0 bridgehead atoms. The van der Waals surface area contributed by atoms with E-state index in [1.807, 2.05) is 0 Å². The summed E-state index contributed by atoms with van der Waals surface area (Å²) in [5, 5.41) is 0.993. The van der Waals surface area contributed by atoms with Crippen LogP contribution in [0.15, 0.2) is 36.8 Å². The molecule has 0 atom stereocenters. The molecule has 0 fully saturated rings. The minimum Gasteiger partial charge on any atom is -0.494 e. The van der Waals surface area contributed by atoms with E-state index in [-0.39, 0.29) is 5.82 Å². The summed E-state index contributed by atoms with van der Waals surface area (Å²) < 4.78 is 18.3. The average molecular weight is 290 g/mol. The molecule has 0 saturated carbocycles. The molecule has 0 spiro atoms. The Morgan fingerprint density at radius 3 is 2.70 bits per heavy atom. The van der Waals surface area contributed by atoms with Gasteiger partial charge in [-0.05, 0) is 24.3 Å². The van der Waals surface area contributed by atoms with Gasteiger partial charge < -0.3 is 4.74 Å². The Labute approximate surface area is 119 Å². The van der Waals surface area contributed by atoms with Crippen molar-refractivity contribution in [3.8, 4) is 17.0 Å². The van der Waals surface area contributed by atoms with E-state index >= 15 is 0 Å². The SMILES string of the molecule is COc1cc(-c2ccc(F)cn2)cc2c(Cl)ncnc12. The Balaban J connectivity index is 2.27. The first kappa shape index (κ1) is 12.7. The molecule has 100 valence electrons. The van der Waals surface area contributed by atoms with Crippen molar-refractivity contribution in [2.24, 2.45) is 0 Å². The Morgan fingerprint density at radius 1 is 1.15 bits per heavy atom. The second-order valence-electron chi connectivity index (χ2n) is 4.10. The van der Waals surface area contributed by atoms with Crippen LogP contribution in [0.3, 0.4) is 0 Å². The molecule has 3 rings (SSSR count). The van der Waals surface area contributed by atoms with Crippen molar-refractivity contribution in [1.29, 1.82) is 0 Å². The summed E-state index contributed by atoms with van der Waals surface area (Å²) in [6.07, 6.45) is 2.54. The first-order chi connectivity index (χ1) is 9.69. The highest BCUT2D eigenvalue weighted by molar-refractivity contribution is 6.34. The van der Waals surface area contributed by atoms with Crippen molar-refractivity contribution in [3.05, 3.63) is 47.8 Å². The highest BCUT2D eigenvalue weighted by Crippen LogP contribution is 2.32. The zero-order valence-electron chi connectivity index (χ0n) is 10.5. The molecule has 0 radical (unpaired) electrons. The van der Waals surface area contributed by atoms with Crippen molar-refractivity contribution in [1.82, 2.24) is 15.0 Å². The number of ether oxygens (including phenoxy) is 1. The summed E-state index contributed by atoms with van der Waals surface area (Å²) in [4.78, 5) is 12.2. The fourth-order valence-corrected chi connectivity index (χ4v) is 2.14. The molecule has 2 aromatic heterocycles. The van der Waals surface area contributed by atoms with E-state index in [0.717, 1.165) is 11.8 Å². The Morgan fingerprint density at radius 2 is 2.00 bits per heavy atom. The molecule has 0 N–H and O–H groups in total. The number of halogens is 2. The van der Waals surface area contributed by atoms with Gasteiger partial charge in [-0.25, -0.2) is 14.4 Å². The quantitative estimate of drug-likeness (QED) is 0.678. The van der Waals surface area contributed by atoms with E-state index in [0.29, 0.717) is 27.5 Å². The normalized spacial score (nSPS) is 10.8. The predicted molar refractivity (Wildman–Crippen MR) is 74.3 cm³/mol. The Hall–Kier alpha value is -2.27. The molecule has 0 aliphatic carbocycles. The van der Waals surface area contributed by atoms with E-state index < -0.39 is 0 Å². The molecule has 0 unspecified atom stereocenters. The summed E-state index contributed by atoms with van der Waals surface area (Å²) in [6, 6.07) is 6.53. The summed E-state index contributed by atoms with van der Waals surface area (Å²) in [5.74, 6) is 0.177. The lowest BCUT2D eigenvalue weighted by Crippen LogP contribution is -1.92. The molecule has 4 nitrogen and oxygen atoms in total. The number of aromatic nitrogens is 3. The van der Waals surface area contributed by atoms with Crippen LogP contribution in [-0.4, -0.2) is 22.1 Å². The van der Waals surface area contributed by atoms with Gasteiger partial charge in [-0.2, -0.15) is 0 Å². The predicted octanol–water partition coefficient (Wildman–Crippen LogP) is 3.49. The van der Waals surface area contributed by atoms with Crippen molar-refractivity contribution >= 4 is 22.5 Å². The summed E-state index contributed by atoms with van der Waals surface area (Å²) >= 11 is 6.08. The highest BCUT2D eigenvalue weighted by atomic mass is 35.5. The van der Waals surface area contributed by atoms with Gasteiger partial charge in [-0.15, -0.1) is 0 Å². The third kappa shape index (κ3) is 2.16. The largest absolute Gasteiger partial charge is 0.494 e. The number of nitrogens with zero attached hydrogens (tertiary/aromatic N) is 3. The van der Waals surface area contributed by atoms with Gasteiger partial charge in [0.25, 0.3) is 0 Å². The summed E-state index contributed by atoms with van der Waals surface area (Å²) in [6.45, 7) is 0. The first-order valence-electron chi connectivity index (χ1n) is 5.79. The van der Waals surface area contributed by atoms with Crippen LogP contribution in [0, 0.1) is 5.82 Å². The molecule has 0 aliphatic rings. The zero-order chi connectivity index (χ0) is 14.1. The topological polar surface area (TPSA) is 47.9 Å². The van der Waals surface area contributed by atoms with Crippen LogP contribution >= 0.6 is 11.6 Å². The van der Waals surface area contributed by atoms with Crippen LogP contribution in [0.1, 0.15) is 0 Å². The van der Waals surface area contributed by atoms with Crippen LogP contribution in [-0.2, 0) is 0 Å².